The molecule has 0 atom stereocenters. The number of nitrogens with zero attached hydrogens (tertiary/aromatic N) is 2. The molecule has 1 aromatic carbocycles. The van der Waals surface area contributed by atoms with Crippen LogP contribution in [0.5, 0.6) is 0 Å². The molecule has 90 valence electrons. The van der Waals surface area contributed by atoms with Crippen molar-refractivity contribution in [1.29, 1.82) is 0 Å². The summed E-state index contributed by atoms with van der Waals surface area (Å²) in [5.74, 6) is 0. The quantitative estimate of drug-likeness (QED) is 0.859. The molecule has 1 saturated carbocycles. The van der Waals surface area contributed by atoms with E-state index in [9.17, 15) is 0 Å². The van der Waals surface area contributed by atoms with E-state index in [1.807, 2.05) is 11.7 Å². The Labute approximate surface area is 102 Å². The number of hydrogen-bond acceptors (Lipinski definition) is 2. The first-order valence-corrected chi connectivity index (χ1v) is 6.39. The Hall–Kier alpha value is -1.35. The van der Waals surface area contributed by atoms with Crippen molar-refractivity contribution >= 4 is 10.9 Å². The van der Waals surface area contributed by atoms with E-state index < -0.39 is 0 Å². The predicted molar refractivity (Wildman–Crippen MR) is 69.9 cm³/mol. The normalized spacial score (nSPS) is 18.9. The summed E-state index contributed by atoms with van der Waals surface area (Å²) in [4.78, 5) is 0. The maximum Gasteiger partial charge on any atom is 0.0777 e. The maximum absolute atomic E-state index is 6.05. The highest BCUT2D eigenvalue weighted by Crippen LogP contribution is 2.42. The van der Waals surface area contributed by atoms with E-state index >= 15 is 0 Å². The Balaban J connectivity index is 2.23. The summed E-state index contributed by atoms with van der Waals surface area (Å²) in [7, 11) is 2.02. The maximum atomic E-state index is 6.05. The molecular weight excluding hydrogens is 210 g/mol. The van der Waals surface area contributed by atoms with Crippen molar-refractivity contribution < 1.29 is 0 Å². The average molecular weight is 229 g/mol. The minimum Gasteiger partial charge on any atom is -0.330 e. The number of rotatable bonds is 2. The molecule has 1 aliphatic carbocycles. The van der Waals surface area contributed by atoms with Gasteiger partial charge in [0, 0.05) is 24.4 Å². The molecule has 0 aliphatic heterocycles. The van der Waals surface area contributed by atoms with Crippen LogP contribution in [0.3, 0.4) is 0 Å². The second-order valence-corrected chi connectivity index (χ2v) is 5.18. The topological polar surface area (TPSA) is 43.8 Å². The lowest BCUT2D eigenvalue weighted by atomic mass is 9.81. The van der Waals surface area contributed by atoms with Crippen molar-refractivity contribution in [1.82, 2.24) is 9.78 Å². The summed E-state index contributed by atoms with van der Waals surface area (Å²) in [6, 6.07) is 8.46. The molecule has 1 heterocycles. The van der Waals surface area contributed by atoms with Crippen molar-refractivity contribution in [3.05, 3.63) is 30.0 Å². The highest BCUT2D eigenvalue weighted by atomic mass is 15.3. The molecule has 3 rings (SSSR count). The molecule has 0 saturated heterocycles. The van der Waals surface area contributed by atoms with Crippen LogP contribution in [0, 0.1) is 0 Å². The van der Waals surface area contributed by atoms with Crippen molar-refractivity contribution in [2.24, 2.45) is 12.8 Å². The summed E-state index contributed by atoms with van der Waals surface area (Å²) < 4.78 is 1.99. The minimum absolute atomic E-state index is 0.126. The molecule has 1 aromatic heterocycles. The molecule has 1 fully saturated rings. The van der Waals surface area contributed by atoms with Gasteiger partial charge < -0.3 is 5.73 Å². The van der Waals surface area contributed by atoms with E-state index in [1.165, 1.54) is 42.3 Å². The van der Waals surface area contributed by atoms with Crippen molar-refractivity contribution in [2.75, 3.05) is 6.54 Å². The van der Waals surface area contributed by atoms with Gasteiger partial charge in [0.05, 0.1) is 11.2 Å². The fourth-order valence-corrected chi connectivity index (χ4v) is 3.19. The zero-order valence-corrected chi connectivity index (χ0v) is 10.3. The highest BCUT2D eigenvalue weighted by Gasteiger charge is 2.37. The third-order valence-electron chi connectivity index (χ3n) is 4.21. The monoisotopic (exact) mass is 229 g/mol. The SMILES string of the molecule is Cn1nc(C2(CN)CCCC2)c2ccccc21. The minimum atomic E-state index is 0.126. The number of benzene rings is 1. The largest absolute Gasteiger partial charge is 0.330 e. The van der Waals surface area contributed by atoms with Crippen LogP contribution in [-0.4, -0.2) is 16.3 Å². The van der Waals surface area contributed by atoms with E-state index in [4.69, 9.17) is 10.8 Å². The van der Waals surface area contributed by atoms with E-state index in [2.05, 4.69) is 24.3 Å². The van der Waals surface area contributed by atoms with Gasteiger partial charge in [-0.1, -0.05) is 31.0 Å². The van der Waals surface area contributed by atoms with Gasteiger partial charge in [0.2, 0.25) is 0 Å². The summed E-state index contributed by atoms with van der Waals surface area (Å²) in [5, 5.41) is 6.03. The third kappa shape index (κ3) is 1.49. The number of fused-ring (bicyclic) bond motifs is 1. The molecule has 0 unspecified atom stereocenters. The lowest BCUT2D eigenvalue weighted by Crippen LogP contribution is -2.32. The van der Waals surface area contributed by atoms with Crippen molar-refractivity contribution in [2.45, 2.75) is 31.1 Å². The van der Waals surface area contributed by atoms with Crippen molar-refractivity contribution in [3.8, 4) is 0 Å². The summed E-state index contributed by atoms with van der Waals surface area (Å²) in [5.41, 5.74) is 8.61. The second-order valence-electron chi connectivity index (χ2n) is 5.18. The number of aromatic nitrogens is 2. The van der Waals surface area contributed by atoms with Gasteiger partial charge >= 0.3 is 0 Å². The van der Waals surface area contributed by atoms with Gasteiger partial charge in [-0.05, 0) is 18.9 Å². The Morgan fingerprint density at radius 1 is 1.29 bits per heavy atom. The van der Waals surface area contributed by atoms with Gasteiger partial charge in [-0.3, -0.25) is 4.68 Å². The Kier molecular flexibility index (Phi) is 2.44. The van der Waals surface area contributed by atoms with Gasteiger partial charge in [-0.15, -0.1) is 0 Å². The van der Waals surface area contributed by atoms with Gasteiger partial charge in [-0.25, -0.2) is 0 Å². The average Bonchev–Trinajstić information content (AvgIpc) is 2.96. The highest BCUT2D eigenvalue weighted by molar-refractivity contribution is 5.83. The number of para-hydroxylation sites is 1. The van der Waals surface area contributed by atoms with Crippen molar-refractivity contribution in [3.63, 3.8) is 0 Å². The zero-order chi connectivity index (χ0) is 11.9. The molecule has 0 spiro atoms. The predicted octanol–water partition coefficient (Wildman–Crippen LogP) is 2.34. The van der Waals surface area contributed by atoms with Crippen LogP contribution in [0.25, 0.3) is 10.9 Å². The van der Waals surface area contributed by atoms with Crippen LogP contribution in [0.4, 0.5) is 0 Å². The smallest absolute Gasteiger partial charge is 0.0777 e. The first kappa shape index (κ1) is 10.8. The molecule has 17 heavy (non-hydrogen) atoms. The summed E-state index contributed by atoms with van der Waals surface area (Å²) in [6.07, 6.45) is 4.93. The standard InChI is InChI=1S/C14H19N3/c1-17-12-7-3-2-6-11(12)13(16-17)14(10-15)8-4-5-9-14/h2-3,6-7H,4-5,8-10,15H2,1H3. The van der Waals surface area contributed by atoms with E-state index in [1.54, 1.807) is 0 Å². The van der Waals surface area contributed by atoms with Crippen LogP contribution in [0.15, 0.2) is 24.3 Å². The third-order valence-corrected chi connectivity index (χ3v) is 4.21. The van der Waals surface area contributed by atoms with Crippen LogP contribution in [-0.2, 0) is 12.5 Å². The molecular formula is C14H19N3. The van der Waals surface area contributed by atoms with Gasteiger partial charge in [0.1, 0.15) is 0 Å². The van der Waals surface area contributed by atoms with Crippen LogP contribution < -0.4 is 5.73 Å². The van der Waals surface area contributed by atoms with Crippen LogP contribution in [0.1, 0.15) is 31.4 Å². The Morgan fingerprint density at radius 3 is 2.71 bits per heavy atom. The fraction of sp³-hybridized carbons (Fsp3) is 0.500. The molecule has 0 bridgehead atoms. The molecule has 3 heteroatoms. The van der Waals surface area contributed by atoms with E-state index in [0.717, 1.165) is 0 Å². The Morgan fingerprint density at radius 2 is 2.00 bits per heavy atom. The van der Waals surface area contributed by atoms with Gasteiger partial charge in [0.25, 0.3) is 0 Å². The lowest BCUT2D eigenvalue weighted by molar-refractivity contribution is 0.437. The van der Waals surface area contributed by atoms with E-state index in [0.29, 0.717) is 6.54 Å². The molecule has 0 amide bonds. The second kappa shape index (κ2) is 3.84. The molecule has 1 aliphatic rings. The zero-order valence-electron chi connectivity index (χ0n) is 10.3. The Bertz CT molecular complexity index is 535. The summed E-state index contributed by atoms with van der Waals surface area (Å²) in [6.45, 7) is 0.716. The van der Waals surface area contributed by atoms with Gasteiger partial charge in [-0.2, -0.15) is 5.10 Å². The molecule has 0 radical (unpaired) electrons. The fourth-order valence-electron chi connectivity index (χ4n) is 3.19. The number of nitrogens with two attached hydrogens (primary N) is 1. The number of aryl methyl sites for hydroxylation is 1. The molecule has 2 aromatic rings. The summed E-state index contributed by atoms with van der Waals surface area (Å²) >= 11 is 0. The van der Waals surface area contributed by atoms with Crippen LogP contribution in [0.2, 0.25) is 0 Å². The van der Waals surface area contributed by atoms with E-state index in [-0.39, 0.29) is 5.41 Å². The molecule has 2 N–H and O–H groups in total. The number of hydrogen-bond donors (Lipinski definition) is 1. The molecule has 3 nitrogen and oxygen atoms in total. The first-order chi connectivity index (χ1) is 8.27. The first-order valence-electron chi connectivity index (χ1n) is 6.39. The van der Waals surface area contributed by atoms with Gasteiger partial charge in [0.15, 0.2) is 0 Å². The lowest BCUT2D eigenvalue weighted by Gasteiger charge is -2.25. The van der Waals surface area contributed by atoms with Crippen LogP contribution >= 0.6 is 0 Å².